The Labute approximate surface area is 277 Å². The van der Waals surface area contributed by atoms with Crippen molar-refractivity contribution in [2.75, 3.05) is 19.0 Å². The van der Waals surface area contributed by atoms with Crippen molar-refractivity contribution in [3.8, 4) is 0 Å². The summed E-state index contributed by atoms with van der Waals surface area (Å²) in [5.74, 6) is 2.33. The molecule has 1 aliphatic carbocycles. The predicted molar refractivity (Wildman–Crippen MR) is 192 cm³/mol. The number of carbonyl (C=O) groups is 2. The summed E-state index contributed by atoms with van der Waals surface area (Å²) in [6.45, 7) is 12.2. The molecule has 1 fully saturated rings. The third-order valence-electron chi connectivity index (χ3n) is 7.95. The Balaban J connectivity index is 0.000000247. The topological polar surface area (TPSA) is 72.4 Å². The van der Waals surface area contributed by atoms with E-state index >= 15 is 0 Å². The monoisotopic (exact) mass is 625 g/mol. The van der Waals surface area contributed by atoms with Crippen molar-refractivity contribution in [3.05, 3.63) is 102 Å². The lowest BCUT2D eigenvalue weighted by Gasteiger charge is -2.25. The fourth-order valence-corrected chi connectivity index (χ4v) is 5.53. The normalized spacial score (nSPS) is 15.8. The Bertz CT molecular complexity index is 1430. The summed E-state index contributed by atoms with van der Waals surface area (Å²) >= 11 is 0. The van der Waals surface area contributed by atoms with Gasteiger partial charge in [-0.25, -0.2) is 9.97 Å². The van der Waals surface area contributed by atoms with E-state index in [0.29, 0.717) is 5.56 Å². The number of rotatable bonds is 8. The first kappa shape index (κ1) is 38.1. The van der Waals surface area contributed by atoms with Crippen LogP contribution in [0.15, 0.2) is 84.9 Å². The van der Waals surface area contributed by atoms with Crippen LogP contribution in [0.5, 0.6) is 0 Å². The number of hydrogen-bond donors (Lipinski definition) is 0. The first-order valence-corrected chi connectivity index (χ1v) is 16.9. The molecule has 0 amide bonds. The second-order valence-corrected chi connectivity index (χ2v) is 12.0. The van der Waals surface area contributed by atoms with E-state index in [9.17, 15) is 9.59 Å². The molecule has 1 aromatic heterocycles. The van der Waals surface area contributed by atoms with E-state index in [0.717, 1.165) is 39.9 Å². The van der Waals surface area contributed by atoms with E-state index in [1.165, 1.54) is 45.4 Å². The number of nitrogens with zero attached hydrogens (tertiary/aromatic N) is 3. The molecule has 0 aliphatic heterocycles. The van der Waals surface area contributed by atoms with Crippen LogP contribution in [0, 0.1) is 18.8 Å². The van der Waals surface area contributed by atoms with Gasteiger partial charge in [-0.05, 0) is 48.9 Å². The molecule has 3 aromatic carbocycles. The highest BCUT2D eigenvalue weighted by Crippen LogP contribution is 2.30. The predicted octanol–water partition coefficient (Wildman–Crippen LogP) is 9.75. The third-order valence-corrected chi connectivity index (χ3v) is 7.95. The maximum absolute atomic E-state index is 12.1. The van der Waals surface area contributed by atoms with E-state index in [4.69, 9.17) is 4.74 Å². The van der Waals surface area contributed by atoms with Crippen molar-refractivity contribution in [1.29, 1.82) is 0 Å². The highest BCUT2D eigenvalue weighted by atomic mass is 16.5. The molecular weight excluding hydrogens is 570 g/mol. The summed E-state index contributed by atoms with van der Waals surface area (Å²) in [5.41, 5.74) is 2.57. The van der Waals surface area contributed by atoms with E-state index in [-0.39, 0.29) is 12.4 Å². The second kappa shape index (κ2) is 20.9. The van der Waals surface area contributed by atoms with Gasteiger partial charge in [-0.15, -0.1) is 0 Å². The number of ketones is 1. The van der Waals surface area contributed by atoms with Gasteiger partial charge in [0.05, 0.1) is 5.52 Å². The average molecular weight is 626 g/mol. The number of aromatic nitrogens is 2. The number of benzene rings is 3. The molecule has 248 valence electrons. The number of hydrogen-bond acceptors (Lipinski definition) is 6. The first-order valence-electron chi connectivity index (χ1n) is 16.9. The highest BCUT2D eigenvalue weighted by molar-refractivity contribution is 6.03. The van der Waals surface area contributed by atoms with Crippen LogP contribution in [0.4, 0.5) is 5.82 Å². The molecule has 4 aromatic rings. The van der Waals surface area contributed by atoms with Crippen molar-refractivity contribution in [3.63, 3.8) is 0 Å². The quantitative estimate of drug-likeness (QED) is 0.143. The number of ether oxygens (including phenoxy) is 1. The molecule has 0 saturated heterocycles. The molecule has 0 radical (unpaired) electrons. The van der Waals surface area contributed by atoms with Crippen LogP contribution in [0.1, 0.15) is 96.0 Å². The Hall–Kier alpha value is -4.06. The van der Waals surface area contributed by atoms with Gasteiger partial charge in [0.25, 0.3) is 0 Å². The number of anilines is 1. The Morgan fingerprint density at radius 3 is 1.98 bits per heavy atom. The van der Waals surface area contributed by atoms with Crippen LogP contribution in [-0.2, 0) is 20.9 Å². The van der Waals surface area contributed by atoms with Crippen molar-refractivity contribution < 1.29 is 14.3 Å². The van der Waals surface area contributed by atoms with E-state index in [1.54, 1.807) is 24.3 Å². The molecule has 1 aliphatic rings. The van der Waals surface area contributed by atoms with Crippen LogP contribution in [0.25, 0.3) is 10.9 Å². The zero-order chi connectivity index (χ0) is 33.9. The van der Waals surface area contributed by atoms with Gasteiger partial charge in [0, 0.05) is 19.5 Å². The number of fused-ring (bicyclic) bond motifs is 1. The third kappa shape index (κ3) is 12.7. The smallest absolute Gasteiger partial charge is 0.321 e. The number of carbonyl (C=O) groups excluding carboxylic acids is 2. The van der Waals surface area contributed by atoms with E-state index in [2.05, 4.69) is 23.8 Å². The van der Waals surface area contributed by atoms with Gasteiger partial charge >= 0.3 is 5.97 Å². The van der Waals surface area contributed by atoms with Gasteiger partial charge in [0.15, 0.2) is 0 Å². The number of aryl methyl sites for hydroxylation is 1. The molecule has 0 bridgehead atoms. The molecule has 6 nitrogen and oxygen atoms in total. The maximum Gasteiger partial charge on any atom is 0.321 e. The summed E-state index contributed by atoms with van der Waals surface area (Å²) in [6.07, 6.45) is 8.87. The number of Topliss-reactive ketones (excluding diaryl/α,β-unsaturated/α-hetero) is 1. The van der Waals surface area contributed by atoms with Gasteiger partial charge < -0.3 is 9.64 Å². The molecule has 1 heterocycles. The van der Waals surface area contributed by atoms with Crippen molar-refractivity contribution in [2.24, 2.45) is 11.8 Å². The van der Waals surface area contributed by atoms with Crippen molar-refractivity contribution in [2.45, 2.75) is 92.6 Å². The fourth-order valence-electron chi connectivity index (χ4n) is 5.53. The van der Waals surface area contributed by atoms with Crippen LogP contribution >= 0.6 is 0 Å². The van der Waals surface area contributed by atoms with E-state index < -0.39 is 11.9 Å². The van der Waals surface area contributed by atoms with Crippen molar-refractivity contribution in [1.82, 2.24) is 9.97 Å². The van der Waals surface area contributed by atoms with Crippen LogP contribution in [0.3, 0.4) is 0 Å². The van der Waals surface area contributed by atoms with Gasteiger partial charge in [-0.3, -0.25) is 9.59 Å². The largest absolute Gasteiger partial charge is 0.460 e. The summed E-state index contributed by atoms with van der Waals surface area (Å²) in [5, 5.41) is 1.10. The lowest BCUT2D eigenvalue weighted by molar-refractivity contribution is -0.149. The van der Waals surface area contributed by atoms with Gasteiger partial charge in [0.1, 0.15) is 30.0 Å². The number of esters is 1. The number of para-hydroxylation sites is 1. The molecular formula is C40H55N3O3. The van der Waals surface area contributed by atoms with E-state index in [1.807, 2.05) is 100 Å². The molecule has 5 rings (SSSR count). The standard InChI is InChI=1S/C17H16O3.C11H13N3.C10H20.C2H6/c1-13(18)16(15-10-6-3-7-11-15)17(19)20-12-14-8-4-2-5-9-14;1-8-12-10-7-5-4-6-9(10)11(13-8)14(2)3;1-3-4-10-7-5-9(2)6-8-10;1-2/h2-11,16H,12H2,1H3;4-7H,1-3H3;9-10H,3-8H2,1-2H3;1-2H3. The molecule has 0 spiro atoms. The summed E-state index contributed by atoms with van der Waals surface area (Å²) < 4.78 is 5.25. The fraction of sp³-hybridized carbons (Fsp3) is 0.450. The Morgan fingerprint density at radius 1 is 0.848 bits per heavy atom. The van der Waals surface area contributed by atoms with Crippen molar-refractivity contribution >= 4 is 28.5 Å². The minimum Gasteiger partial charge on any atom is -0.460 e. The lowest BCUT2D eigenvalue weighted by Crippen LogP contribution is -2.22. The summed E-state index contributed by atoms with van der Waals surface area (Å²) in [4.78, 5) is 34.6. The molecule has 1 saturated carbocycles. The SMILES string of the molecule is CC.CC(=O)C(C(=O)OCc1ccccc1)c1ccccc1.CCCC1CCC(C)CC1.Cc1nc(N(C)C)c2ccccc2n1. The second-order valence-electron chi connectivity index (χ2n) is 12.0. The minimum atomic E-state index is -0.847. The summed E-state index contributed by atoms with van der Waals surface area (Å²) in [7, 11) is 3.99. The highest BCUT2D eigenvalue weighted by Gasteiger charge is 2.26. The molecule has 1 atom stereocenters. The lowest BCUT2D eigenvalue weighted by atomic mass is 9.81. The minimum absolute atomic E-state index is 0.177. The molecule has 0 N–H and O–H groups in total. The van der Waals surface area contributed by atoms with Crippen LogP contribution in [-0.4, -0.2) is 35.8 Å². The van der Waals surface area contributed by atoms with Gasteiger partial charge in [-0.2, -0.15) is 0 Å². The summed E-state index contributed by atoms with van der Waals surface area (Å²) in [6, 6.07) is 26.4. The Kier molecular flexibility index (Phi) is 17.3. The van der Waals surface area contributed by atoms with Gasteiger partial charge in [0.2, 0.25) is 0 Å². The van der Waals surface area contributed by atoms with Gasteiger partial charge in [-0.1, -0.05) is 139 Å². The molecule has 46 heavy (non-hydrogen) atoms. The Morgan fingerprint density at radius 2 is 1.41 bits per heavy atom. The van der Waals surface area contributed by atoms with Crippen LogP contribution in [0.2, 0.25) is 0 Å². The zero-order valence-electron chi connectivity index (χ0n) is 29.3. The van der Waals surface area contributed by atoms with Crippen LogP contribution < -0.4 is 4.90 Å². The first-order chi connectivity index (χ1) is 22.2. The average Bonchev–Trinajstić information content (AvgIpc) is 3.07. The maximum atomic E-state index is 12.1. The molecule has 1 unspecified atom stereocenters. The zero-order valence-corrected chi connectivity index (χ0v) is 29.3. The molecule has 6 heteroatoms.